The number of rotatable bonds is 2. The molecule has 1 aliphatic rings. The summed E-state index contributed by atoms with van der Waals surface area (Å²) in [5, 5.41) is 1.59. The number of hydrogen-bond donors (Lipinski definition) is 0. The van der Waals surface area contributed by atoms with Crippen LogP contribution < -0.4 is 0 Å². The minimum atomic E-state index is -0.352. The molecule has 0 radical (unpaired) electrons. The van der Waals surface area contributed by atoms with Crippen molar-refractivity contribution < 1.29 is 38.1 Å². The second-order valence-corrected chi connectivity index (χ2v) is 9.62. The molecule has 0 saturated carbocycles. The number of hydrogen-bond acceptors (Lipinski definition) is 8. The highest BCUT2D eigenvalue weighted by Gasteiger charge is 2.23. The highest BCUT2D eigenvalue weighted by atomic mass is 16.6. The molecule has 1 aliphatic heterocycles. The molecule has 8 nitrogen and oxygen atoms in total. The first kappa shape index (κ1) is 29.1. The summed E-state index contributed by atoms with van der Waals surface area (Å²) >= 11 is 0. The lowest BCUT2D eigenvalue weighted by molar-refractivity contribution is -0.146. The molecule has 210 valence electrons. The van der Waals surface area contributed by atoms with E-state index in [2.05, 4.69) is 0 Å². The van der Waals surface area contributed by atoms with Crippen molar-refractivity contribution in [1.29, 1.82) is 0 Å². The predicted molar refractivity (Wildman–Crippen MR) is 150 cm³/mol. The molecular weight excluding hydrogens is 512 g/mol. The first-order chi connectivity index (χ1) is 19.4. The van der Waals surface area contributed by atoms with Gasteiger partial charge in [-0.05, 0) is 60.2 Å². The Morgan fingerprint density at radius 2 is 1.20 bits per heavy atom. The molecule has 8 heteroatoms. The molecule has 0 aliphatic carbocycles. The van der Waals surface area contributed by atoms with Crippen LogP contribution in [-0.4, -0.2) is 63.1 Å². The number of ketones is 2. The molecule has 4 bridgehead atoms. The summed E-state index contributed by atoms with van der Waals surface area (Å²) in [4.78, 5) is 50.8. The first-order valence-corrected chi connectivity index (χ1v) is 13.5. The van der Waals surface area contributed by atoms with Crippen LogP contribution >= 0.6 is 0 Å². The summed E-state index contributed by atoms with van der Waals surface area (Å²) in [6.07, 6.45) is 1.08. The number of benzene rings is 3. The Labute approximate surface area is 233 Å². The zero-order chi connectivity index (χ0) is 28.5. The predicted octanol–water partition coefficient (Wildman–Crippen LogP) is 4.91. The van der Waals surface area contributed by atoms with Crippen LogP contribution in [0.3, 0.4) is 0 Å². The van der Waals surface area contributed by atoms with Crippen molar-refractivity contribution in [2.45, 2.75) is 39.5 Å². The van der Waals surface area contributed by atoms with Crippen LogP contribution in [0, 0.1) is 0 Å². The van der Waals surface area contributed by atoms with Crippen LogP contribution in [0.25, 0.3) is 21.9 Å². The molecule has 40 heavy (non-hydrogen) atoms. The van der Waals surface area contributed by atoms with E-state index in [1.807, 2.05) is 42.5 Å². The minimum Gasteiger partial charge on any atom is -0.463 e. The Morgan fingerprint density at radius 3 is 1.82 bits per heavy atom. The molecule has 0 N–H and O–H groups in total. The van der Waals surface area contributed by atoms with Gasteiger partial charge in [0, 0.05) is 29.5 Å². The summed E-state index contributed by atoms with van der Waals surface area (Å²) in [6, 6.07) is 15.1. The molecule has 0 aromatic heterocycles. The van der Waals surface area contributed by atoms with Crippen molar-refractivity contribution in [3.8, 4) is 11.1 Å². The van der Waals surface area contributed by atoms with Gasteiger partial charge in [0.15, 0.2) is 11.6 Å². The van der Waals surface area contributed by atoms with E-state index in [0.29, 0.717) is 42.7 Å². The molecule has 0 unspecified atom stereocenters. The van der Waals surface area contributed by atoms with Gasteiger partial charge in [-0.1, -0.05) is 42.5 Å². The van der Waals surface area contributed by atoms with E-state index in [-0.39, 0.29) is 62.8 Å². The Balaban J connectivity index is 1.83. The lowest BCUT2D eigenvalue weighted by Gasteiger charge is -2.20. The van der Waals surface area contributed by atoms with Gasteiger partial charge in [-0.2, -0.15) is 0 Å². The second-order valence-electron chi connectivity index (χ2n) is 9.62. The Morgan fingerprint density at radius 1 is 0.625 bits per heavy atom. The monoisotopic (exact) mass is 546 g/mol. The molecule has 0 atom stereocenters. The van der Waals surface area contributed by atoms with Crippen molar-refractivity contribution >= 4 is 34.3 Å². The van der Waals surface area contributed by atoms with Gasteiger partial charge in [-0.15, -0.1) is 0 Å². The average Bonchev–Trinajstić information content (AvgIpc) is 2.94. The number of aryl methyl sites for hydroxylation is 2. The quantitative estimate of drug-likeness (QED) is 0.330. The fourth-order valence-electron chi connectivity index (χ4n) is 4.98. The van der Waals surface area contributed by atoms with Crippen LogP contribution in [0.5, 0.6) is 0 Å². The Hall–Kier alpha value is -3.88. The van der Waals surface area contributed by atoms with E-state index in [1.165, 1.54) is 13.8 Å². The van der Waals surface area contributed by atoms with Crippen molar-refractivity contribution in [1.82, 2.24) is 0 Å². The van der Waals surface area contributed by atoms with Crippen LogP contribution in [0.2, 0.25) is 0 Å². The summed E-state index contributed by atoms with van der Waals surface area (Å²) in [5.74, 6) is -1.16. The number of cyclic esters (lactones) is 2. The molecule has 0 spiro atoms. The highest BCUT2D eigenvalue weighted by molar-refractivity contribution is 6.18. The SMILES string of the molecule is CC(=O)c1cc2c3cccc2c(c1C(C)=O)-c1ccccc1CCC(=O)OCCOCCOCCOC(=O)CC3. The lowest BCUT2D eigenvalue weighted by Crippen LogP contribution is -2.15. The summed E-state index contributed by atoms with van der Waals surface area (Å²) in [7, 11) is 0. The third-order valence-corrected chi connectivity index (χ3v) is 6.84. The molecular formula is C32H34O8. The second kappa shape index (κ2) is 14.0. The van der Waals surface area contributed by atoms with Gasteiger partial charge in [-0.25, -0.2) is 0 Å². The zero-order valence-electron chi connectivity index (χ0n) is 23.0. The molecule has 3 aromatic rings. The molecule has 0 saturated heterocycles. The van der Waals surface area contributed by atoms with E-state index in [0.717, 1.165) is 27.5 Å². The van der Waals surface area contributed by atoms with Crippen molar-refractivity contribution in [2.24, 2.45) is 0 Å². The Bertz CT molecular complexity index is 1410. The normalized spacial score (nSPS) is 16.2. The van der Waals surface area contributed by atoms with E-state index < -0.39 is 0 Å². The maximum Gasteiger partial charge on any atom is 0.306 e. The maximum absolute atomic E-state index is 13.1. The third kappa shape index (κ3) is 7.20. The molecule has 1 heterocycles. The van der Waals surface area contributed by atoms with Crippen molar-refractivity contribution in [3.63, 3.8) is 0 Å². The van der Waals surface area contributed by atoms with Gasteiger partial charge in [0.2, 0.25) is 0 Å². The van der Waals surface area contributed by atoms with Crippen molar-refractivity contribution in [3.05, 3.63) is 70.8 Å². The smallest absolute Gasteiger partial charge is 0.306 e. The number of carbonyl (C=O) groups is 4. The first-order valence-electron chi connectivity index (χ1n) is 13.5. The topological polar surface area (TPSA) is 105 Å². The summed E-state index contributed by atoms with van der Waals surface area (Å²) < 4.78 is 21.5. The maximum atomic E-state index is 13.1. The van der Waals surface area contributed by atoms with Gasteiger partial charge in [0.05, 0.1) is 26.4 Å². The van der Waals surface area contributed by atoms with Gasteiger partial charge in [-0.3, -0.25) is 19.2 Å². The van der Waals surface area contributed by atoms with E-state index in [1.54, 1.807) is 6.07 Å². The third-order valence-electron chi connectivity index (χ3n) is 6.84. The van der Waals surface area contributed by atoms with Crippen LogP contribution in [0.4, 0.5) is 0 Å². The van der Waals surface area contributed by atoms with E-state index >= 15 is 0 Å². The fraction of sp³-hybridized carbons (Fsp3) is 0.375. The number of fused-ring (bicyclic) bond motifs is 2. The van der Waals surface area contributed by atoms with Crippen LogP contribution in [0.15, 0.2) is 48.5 Å². The van der Waals surface area contributed by atoms with E-state index in [9.17, 15) is 19.2 Å². The number of esters is 2. The van der Waals surface area contributed by atoms with Gasteiger partial charge < -0.3 is 18.9 Å². The standard InChI is InChI=1S/C32H34O8/c1-21(33)27-20-28-24-7-5-9-26(28)32(31(27)22(2)34)25-8-4-3-6-23(25)10-12-29(35)39-18-16-37-14-15-38-17-19-40-30(36)13-11-24/h3-9,20H,10-19H2,1-2H3. The van der Waals surface area contributed by atoms with Gasteiger partial charge in [0.25, 0.3) is 0 Å². The number of Topliss-reactive ketones (excluding diaryl/α,β-unsaturated/α-hetero) is 2. The van der Waals surface area contributed by atoms with Crippen LogP contribution in [-0.2, 0) is 41.4 Å². The summed E-state index contributed by atoms with van der Waals surface area (Å²) in [6.45, 7) is 4.32. The van der Waals surface area contributed by atoms with Gasteiger partial charge >= 0.3 is 11.9 Å². The molecule has 0 fully saturated rings. The van der Waals surface area contributed by atoms with Crippen molar-refractivity contribution in [2.75, 3.05) is 39.6 Å². The molecule has 3 aromatic carbocycles. The number of carbonyl (C=O) groups excluding carboxylic acids is 4. The van der Waals surface area contributed by atoms with Gasteiger partial charge in [0.1, 0.15) is 13.2 Å². The minimum absolute atomic E-state index is 0.126. The Kier molecular flexibility index (Phi) is 10.2. The van der Waals surface area contributed by atoms with E-state index in [4.69, 9.17) is 18.9 Å². The zero-order valence-corrected chi connectivity index (χ0v) is 23.0. The average molecular weight is 547 g/mol. The summed E-state index contributed by atoms with van der Waals surface area (Å²) in [5.41, 5.74) is 3.81. The number of ether oxygens (including phenoxy) is 4. The molecule has 0 amide bonds. The highest BCUT2D eigenvalue weighted by Crippen LogP contribution is 2.39. The fourth-order valence-corrected chi connectivity index (χ4v) is 4.98. The lowest BCUT2D eigenvalue weighted by atomic mass is 9.83. The van der Waals surface area contributed by atoms with Crippen LogP contribution in [0.1, 0.15) is 58.5 Å². The molecule has 4 rings (SSSR count). The largest absolute Gasteiger partial charge is 0.463 e.